The number of nitrogens with one attached hydrogen (secondary N) is 1. The maximum atomic E-state index is 6.13. The molecule has 0 aliphatic rings. The molecule has 0 radical (unpaired) electrons. The Morgan fingerprint density at radius 1 is 1.29 bits per heavy atom. The Balaban J connectivity index is 2.50. The summed E-state index contributed by atoms with van der Waals surface area (Å²) >= 11 is 13.9. The van der Waals surface area contributed by atoms with Gasteiger partial charge < -0.3 is 5.32 Å². The van der Waals surface area contributed by atoms with Crippen molar-refractivity contribution in [2.75, 3.05) is 6.54 Å². The van der Waals surface area contributed by atoms with Gasteiger partial charge in [0.15, 0.2) is 0 Å². The van der Waals surface area contributed by atoms with E-state index in [0.29, 0.717) is 11.3 Å². The molecule has 0 amide bonds. The van der Waals surface area contributed by atoms with Crippen LogP contribution in [0, 0.1) is 0 Å². The highest BCUT2D eigenvalue weighted by Gasteiger charge is 2.09. The average Bonchev–Trinajstić information content (AvgIpc) is 2.30. The maximum Gasteiger partial charge on any atom is 0.0543 e. The fourth-order valence-corrected chi connectivity index (χ4v) is 2.81. The fourth-order valence-electron chi connectivity index (χ4n) is 1.34. The van der Waals surface area contributed by atoms with Gasteiger partial charge >= 0.3 is 0 Å². The van der Waals surface area contributed by atoms with Gasteiger partial charge in [-0.2, -0.15) is 0 Å². The summed E-state index contributed by atoms with van der Waals surface area (Å²) in [5, 5.41) is 5.47. The summed E-state index contributed by atoms with van der Waals surface area (Å²) in [7, 11) is 0. The lowest BCUT2D eigenvalue weighted by atomic mass is 10.2. The van der Waals surface area contributed by atoms with Gasteiger partial charge in [-0.15, -0.1) is 11.8 Å². The number of benzene rings is 1. The Bertz CT molecular complexity index is 357. The number of rotatable bonds is 6. The van der Waals surface area contributed by atoms with Crippen molar-refractivity contribution >= 4 is 35.0 Å². The summed E-state index contributed by atoms with van der Waals surface area (Å²) in [5.41, 5.74) is 0. The summed E-state index contributed by atoms with van der Waals surface area (Å²) < 4.78 is 0. The molecule has 2 unspecified atom stereocenters. The SMILES string of the molecule is CCC(C)NCC(C)Sc1cc(Cl)ccc1Cl. The van der Waals surface area contributed by atoms with Crippen LogP contribution in [0.15, 0.2) is 23.1 Å². The van der Waals surface area contributed by atoms with Crippen molar-refractivity contribution in [2.24, 2.45) is 0 Å². The van der Waals surface area contributed by atoms with Crippen LogP contribution in [0.2, 0.25) is 10.0 Å². The smallest absolute Gasteiger partial charge is 0.0543 e. The molecule has 1 rings (SSSR count). The topological polar surface area (TPSA) is 12.0 Å². The second-order valence-corrected chi connectivity index (χ2v) is 6.54. The van der Waals surface area contributed by atoms with E-state index in [2.05, 4.69) is 26.1 Å². The lowest BCUT2D eigenvalue weighted by Gasteiger charge is -2.16. The lowest BCUT2D eigenvalue weighted by Crippen LogP contribution is -2.30. The van der Waals surface area contributed by atoms with E-state index in [4.69, 9.17) is 23.2 Å². The largest absolute Gasteiger partial charge is 0.313 e. The Kier molecular flexibility index (Phi) is 6.71. The summed E-state index contributed by atoms with van der Waals surface area (Å²) in [6.07, 6.45) is 1.15. The zero-order chi connectivity index (χ0) is 12.8. The summed E-state index contributed by atoms with van der Waals surface area (Å²) in [4.78, 5) is 1.05. The van der Waals surface area contributed by atoms with Gasteiger partial charge in [0.05, 0.1) is 5.02 Å². The number of thioether (sulfide) groups is 1. The molecular formula is C13H19Cl2NS. The third kappa shape index (κ3) is 5.52. The number of halogens is 2. The number of hydrogen-bond donors (Lipinski definition) is 1. The van der Waals surface area contributed by atoms with Crippen molar-refractivity contribution in [3.8, 4) is 0 Å². The van der Waals surface area contributed by atoms with Crippen molar-refractivity contribution in [3.05, 3.63) is 28.2 Å². The van der Waals surface area contributed by atoms with Crippen molar-refractivity contribution in [1.82, 2.24) is 5.32 Å². The van der Waals surface area contributed by atoms with Crippen molar-refractivity contribution < 1.29 is 0 Å². The second-order valence-electron chi connectivity index (χ2n) is 4.22. The summed E-state index contributed by atoms with van der Waals surface area (Å²) in [6.45, 7) is 7.55. The van der Waals surface area contributed by atoms with E-state index in [1.165, 1.54) is 0 Å². The van der Waals surface area contributed by atoms with Gasteiger partial charge in [-0.05, 0) is 31.5 Å². The first-order chi connectivity index (χ1) is 8.02. The first-order valence-electron chi connectivity index (χ1n) is 5.88. The molecule has 4 heteroatoms. The number of hydrogen-bond acceptors (Lipinski definition) is 2. The second kappa shape index (κ2) is 7.52. The molecule has 1 nitrogen and oxygen atoms in total. The molecule has 17 heavy (non-hydrogen) atoms. The molecule has 0 heterocycles. The molecule has 0 fully saturated rings. The van der Waals surface area contributed by atoms with Gasteiger partial charge in [0.2, 0.25) is 0 Å². The zero-order valence-corrected chi connectivity index (χ0v) is 12.8. The quantitative estimate of drug-likeness (QED) is 0.751. The van der Waals surface area contributed by atoms with Gasteiger partial charge in [0.1, 0.15) is 0 Å². The molecule has 1 N–H and O–H groups in total. The Hall–Kier alpha value is 0.110. The van der Waals surface area contributed by atoms with Crippen LogP contribution in [0.4, 0.5) is 0 Å². The van der Waals surface area contributed by atoms with E-state index >= 15 is 0 Å². The molecule has 0 saturated heterocycles. The third-order valence-corrected chi connectivity index (χ3v) is 4.43. The van der Waals surface area contributed by atoms with E-state index in [0.717, 1.165) is 27.9 Å². The predicted octanol–water partition coefficient (Wildman–Crippen LogP) is 4.86. The third-order valence-electron chi connectivity index (χ3n) is 2.59. The van der Waals surface area contributed by atoms with Crippen LogP contribution >= 0.6 is 35.0 Å². The minimum absolute atomic E-state index is 0.472. The van der Waals surface area contributed by atoms with Crippen molar-refractivity contribution in [2.45, 2.75) is 43.4 Å². The summed E-state index contributed by atoms with van der Waals surface area (Å²) in [5.74, 6) is 0. The summed E-state index contributed by atoms with van der Waals surface area (Å²) in [6, 6.07) is 6.15. The molecule has 0 saturated carbocycles. The molecule has 96 valence electrons. The van der Waals surface area contributed by atoms with Gasteiger partial charge in [-0.25, -0.2) is 0 Å². The monoisotopic (exact) mass is 291 g/mol. The highest BCUT2D eigenvalue weighted by atomic mass is 35.5. The van der Waals surface area contributed by atoms with E-state index in [-0.39, 0.29) is 0 Å². The normalized spacial score (nSPS) is 14.6. The Morgan fingerprint density at radius 3 is 2.65 bits per heavy atom. The lowest BCUT2D eigenvalue weighted by molar-refractivity contribution is 0.537. The zero-order valence-electron chi connectivity index (χ0n) is 10.5. The molecule has 0 spiro atoms. The minimum atomic E-state index is 0.472. The van der Waals surface area contributed by atoms with Crippen LogP contribution < -0.4 is 5.32 Å². The van der Waals surface area contributed by atoms with Gasteiger partial charge in [-0.1, -0.05) is 37.0 Å². The predicted molar refractivity (Wildman–Crippen MR) is 79.5 cm³/mol. The molecule has 2 atom stereocenters. The van der Waals surface area contributed by atoms with E-state index in [9.17, 15) is 0 Å². The van der Waals surface area contributed by atoms with Crippen LogP contribution in [0.1, 0.15) is 27.2 Å². The van der Waals surface area contributed by atoms with Crippen molar-refractivity contribution in [3.63, 3.8) is 0 Å². The highest BCUT2D eigenvalue weighted by molar-refractivity contribution is 8.00. The van der Waals surface area contributed by atoms with Crippen molar-refractivity contribution in [1.29, 1.82) is 0 Å². The molecule has 1 aromatic rings. The van der Waals surface area contributed by atoms with E-state index < -0.39 is 0 Å². The molecule has 0 aromatic heterocycles. The molecule has 0 aliphatic heterocycles. The molecule has 0 bridgehead atoms. The fraction of sp³-hybridized carbons (Fsp3) is 0.538. The minimum Gasteiger partial charge on any atom is -0.313 e. The standard InChI is InChI=1S/C13H19Cl2NS/c1-4-9(2)16-8-10(3)17-13-7-11(14)5-6-12(13)15/h5-7,9-10,16H,4,8H2,1-3H3. The first-order valence-corrected chi connectivity index (χ1v) is 7.51. The van der Waals surface area contributed by atoms with Crippen LogP contribution in [0.25, 0.3) is 0 Å². The highest BCUT2D eigenvalue weighted by Crippen LogP contribution is 2.32. The van der Waals surface area contributed by atoms with Crippen LogP contribution in [-0.2, 0) is 0 Å². The van der Waals surface area contributed by atoms with E-state index in [1.54, 1.807) is 11.8 Å². The van der Waals surface area contributed by atoms with Crippen LogP contribution in [0.3, 0.4) is 0 Å². The molecular weight excluding hydrogens is 273 g/mol. The van der Waals surface area contributed by atoms with Gasteiger partial charge in [0.25, 0.3) is 0 Å². The molecule has 0 aliphatic carbocycles. The van der Waals surface area contributed by atoms with Gasteiger partial charge in [-0.3, -0.25) is 0 Å². The van der Waals surface area contributed by atoms with Crippen LogP contribution in [0.5, 0.6) is 0 Å². The Morgan fingerprint density at radius 2 is 2.00 bits per heavy atom. The van der Waals surface area contributed by atoms with Gasteiger partial charge in [0, 0.05) is 27.8 Å². The van der Waals surface area contributed by atoms with E-state index in [1.807, 2.05) is 18.2 Å². The molecule has 1 aromatic carbocycles. The average molecular weight is 292 g/mol. The maximum absolute atomic E-state index is 6.13. The van der Waals surface area contributed by atoms with Crippen LogP contribution in [-0.4, -0.2) is 17.8 Å². The first kappa shape index (κ1) is 15.2. The Labute approximate surface area is 118 Å².